The van der Waals surface area contributed by atoms with Crippen molar-refractivity contribution in [2.45, 2.75) is 13.0 Å². The molecule has 12 heavy (non-hydrogen) atoms. The third kappa shape index (κ3) is 0.816. The van der Waals surface area contributed by atoms with E-state index >= 15 is 0 Å². The third-order valence-corrected chi connectivity index (χ3v) is 2.43. The minimum absolute atomic E-state index is 0.0538. The Balaban J connectivity index is 2.59. The molecule has 0 saturated heterocycles. The van der Waals surface area contributed by atoms with Gasteiger partial charge in [0.2, 0.25) is 0 Å². The predicted octanol–water partition coefficient (Wildman–Crippen LogP) is 1.55. The molecule has 1 aromatic rings. The number of aliphatic hydroxyl groups is 1. The normalized spacial score (nSPS) is 27.3. The second-order valence-corrected chi connectivity index (χ2v) is 3.19. The Bertz CT molecular complexity index is 330. The van der Waals surface area contributed by atoms with Crippen LogP contribution in [0.25, 0.3) is 0 Å². The van der Waals surface area contributed by atoms with Crippen LogP contribution >= 0.6 is 0 Å². The standard InChI is InChI=1S/C10H10O2/c1-6-9(11)7-4-2-3-5-8(7)10(6)12/h2-6,9,11H,1H3/t6-,9+/m0/s1. The van der Waals surface area contributed by atoms with Gasteiger partial charge in [-0.05, 0) is 5.56 Å². The fraction of sp³-hybridized carbons (Fsp3) is 0.300. The number of hydrogen-bond donors (Lipinski definition) is 1. The molecule has 0 unspecified atom stereocenters. The highest BCUT2D eigenvalue weighted by Crippen LogP contribution is 2.34. The molecule has 0 spiro atoms. The lowest BCUT2D eigenvalue weighted by atomic mass is 10.1. The molecule has 0 radical (unpaired) electrons. The first-order valence-corrected chi connectivity index (χ1v) is 4.03. The van der Waals surface area contributed by atoms with Crippen LogP contribution in [0.4, 0.5) is 0 Å². The van der Waals surface area contributed by atoms with Crippen LogP contribution in [0, 0.1) is 5.92 Å². The lowest BCUT2D eigenvalue weighted by molar-refractivity contribution is 0.0790. The Labute approximate surface area is 70.8 Å². The Hall–Kier alpha value is -1.15. The summed E-state index contributed by atoms with van der Waals surface area (Å²) in [6.07, 6.45) is -0.603. The van der Waals surface area contributed by atoms with Gasteiger partial charge in [-0.25, -0.2) is 0 Å². The minimum Gasteiger partial charge on any atom is -0.388 e. The molecule has 1 aliphatic carbocycles. The number of benzene rings is 1. The molecule has 1 aromatic carbocycles. The van der Waals surface area contributed by atoms with Gasteiger partial charge < -0.3 is 5.11 Å². The molecule has 0 fully saturated rings. The van der Waals surface area contributed by atoms with Crippen molar-refractivity contribution in [3.8, 4) is 0 Å². The lowest BCUT2D eigenvalue weighted by Crippen LogP contribution is -2.08. The monoisotopic (exact) mass is 162 g/mol. The van der Waals surface area contributed by atoms with Crippen molar-refractivity contribution >= 4 is 5.78 Å². The van der Waals surface area contributed by atoms with Crippen LogP contribution in [0.5, 0.6) is 0 Å². The molecule has 0 heterocycles. The molecule has 0 amide bonds. The third-order valence-electron chi connectivity index (χ3n) is 2.43. The highest BCUT2D eigenvalue weighted by molar-refractivity contribution is 6.02. The van der Waals surface area contributed by atoms with Crippen LogP contribution < -0.4 is 0 Å². The van der Waals surface area contributed by atoms with Crippen molar-refractivity contribution < 1.29 is 9.90 Å². The Morgan fingerprint density at radius 2 is 2.00 bits per heavy atom. The highest BCUT2D eigenvalue weighted by Gasteiger charge is 2.34. The number of ketones is 1. The smallest absolute Gasteiger partial charge is 0.168 e. The van der Waals surface area contributed by atoms with Crippen molar-refractivity contribution in [2.75, 3.05) is 0 Å². The van der Waals surface area contributed by atoms with Gasteiger partial charge in [0, 0.05) is 11.5 Å². The van der Waals surface area contributed by atoms with Crippen molar-refractivity contribution in [3.05, 3.63) is 35.4 Å². The quantitative estimate of drug-likeness (QED) is 0.628. The minimum atomic E-state index is -0.603. The van der Waals surface area contributed by atoms with Gasteiger partial charge in [0.1, 0.15) is 0 Å². The van der Waals surface area contributed by atoms with Crippen LogP contribution in [0.3, 0.4) is 0 Å². The van der Waals surface area contributed by atoms with Crippen LogP contribution in [-0.2, 0) is 0 Å². The van der Waals surface area contributed by atoms with Gasteiger partial charge in [-0.15, -0.1) is 0 Å². The summed E-state index contributed by atoms with van der Waals surface area (Å²) in [6, 6.07) is 7.24. The van der Waals surface area contributed by atoms with Gasteiger partial charge >= 0.3 is 0 Å². The molecule has 1 aliphatic rings. The summed E-state index contributed by atoms with van der Waals surface area (Å²) in [5, 5.41) is 9.60. The molecule has 0 aliphatic heterocycles. The molecule has 2 rings (SSSR count). The van der Waals surface area contributed by atoms with Crippen molar-refractivity contribution in [1.82, 2.24) is 0 Å². The van der Waals surface area contributed by atoms with Crippen molar-refractivity contribution in [3.63, 3.8) is 0 Å². The van der Waals surface area contributed by atoms with E-state index in [1.807, 2.05) is 12.1 Å². The summed E-state index contributed by atoms with van der Waals surface area (Å²) >= 11 is 0. The summed E-state index contributed by atoms with van der Waals surface area (Å²) in [5.74, 6) is -0.222. The topological polar surface area (TPSA) is 37.3 Å². The fourth-order valence-electron chi connectivity index (χ4n) is 1.64. The molecule has 2 heteroatoms. The molecule has 1 N–H and O–H groups in total. The molecular weight excluding hydrogens is 152 g/mol. The number of carbonyl (C=O) groups excluding carboxylic acids is 1. The van der Waals surface area contributed by atoms with Crippen molar-refractivity contribution in [1.29, 1.82) is 0 Å². The van der Waals surface area contributed by atoms with E-state index in [-0.39, 0.29) is 11.7 Å². The maximum atomic E-state index is 11.4. The van der Waals surface area contributed by atoms with Gasteiger partial charge in [-0.1, -0.05) is 31.2 Å². The molecule has 0 saturated carbocycles. The predicted molar refractivity (Wildman–Crippen MR) is 44.9 cm³/mol. The fourth-order valence-corrected chi connectivity index (χ4v) is 1.64. The van der Waals surface area contributed by atoms with Gasteiger partial charge in [-0.2, -0.15) is 0 Å². The summed E-state index contributed by atoms with van der Waals surface area (Å²) in [4.78, 5) is 11.4. The molecule has 0 bridgehead atoms. The second kappa shape index (κ2) is 2.42. The number of fused-ring (bicyclic) bond motifs is 1. The summed E-state index contributed by atoms with van der Waals surface area (Å²) in [7, 11) is 0. The maximum Gasteiger partial charge on any atom is 0.168 e. The van der Waals surface area contributed by atoms with E-state index in [2.05, 4.69) is 0 Å². The zero-order chi connectivity index (χ0) is 8.72. The molecule has 0 aromatic heterocycles. The van der Waals surface area contributed by atoms with E-state index < -0.39 is 6.10 Å². The van der Waals surface area contributed by atoms with Gasteiger partial charge in [-0.3, -0.25) is 4.79 Å². The first-order valence-electron chi connectivity index (χ1n) is 4.03. The number of rotatable bonds is 0. The molecule has 62 valence electrons. The zero-order valence-corrected chi connectivity index (χ0v) is 6.82. The van der Waals surface area contributed by atoms with E-state index in [9.17, 15) is 9.90 Å². The van der Waals surface area contributed by atoms with Crippen LogP contribution in [0.2, 0.25) is 0 Å². The first-order chi connectivity index (χ1) is 5.72. The van der Waals surface area contributed by atoms with Crippen LogP contribution in [-0.4, -0.2) is 10.9 Å². The highest BCUT2D eigenvalue weighted by atomic mass is 16.3. The molecular formula is C10H10O2. The Morgan fingerprint density at radius 1 is 1.33 bits per heavy atom. The molecule has 2 atom stereocenters. The number of hydrogen-bond acceptors (Lipinski definition) is 2. The summed E-state index contributed by atoms with van der Waals surface area (Å²) < 4.78 is 0. The van der Waals surface area contributed by atoms with E-state index in [1.165, 1.54) is 0 Å². The van der Waals surface area contributed by atoms with Crippen molar-refractivity contribution in [2.24, 2.45) is 5.92 Å². The maximum absolute atomic E-state index is 11.4. The average molecular weight is 162 g/mol. The van der Waals surface area contributed by atoms with E-state index in [0.29, 0.717) is 5.56 Å². The second-order valence-electron chi connectivity index (χ2n) is 3.19. The SMILES string of the molecule is C[C@@H]1C(=O)c2ccccc2[C@@H]1O. The molecule has 2 nitrogen and oxygen atoms in total. The lowest BCUT2D eigenvalue weighted by Gasteiger charge is -2.05. The van der Waals surface area contributed by atoms with Gasteiger partial charge in [0.15, 0.2) is 5.78 Å². The average Bonchev–Trinajstić information content (AvgIpc) is 2.33. The summed E-state index contributed by atoms with van der Waals surface area (Å²) in [5.41, 5.74) is 1.45. The van der Waals surface area contributed by atoms with E-state index in [0.717, 1.165) is 5.56 Å². The number of Topliss-reactive ketones (excluding diaryl/α,β-unsaturated/α-hetero) is 1. The summed E-state index contributed by atoms with van der Waals surface area (Å²) in [6.45, 7) is 1.76. The van der Waals surface area contributed by atoms with Crippen LogP contribution in [0.15, 0.2) is 24.3 Å². The van der Waals surface area contributed by atoms with E-state index in [1.54, 1.807) is 19.1 Å². The first kappa shape index (κ1) is 7.50. The number of aliphatic hydroxyl groups excluding tert-OH is 1. The Kier molecular flexibility index (Phi) is 1.51. The Morgan fingerprint density at radius 3 is 2.67 bits per heavy atom. The van der Waals surface area contributed by atoms with E-state index in [4.69, 9.17) is 0 Å². The largest absolute Gasteiger partial charge is 0.388 e. The van der Waals surface area contributed by atoms with Gasteiger partial charge in [0.05, 0.1) is 6.10 Å². The van der Waals surface area contributed by atoms with Gasteiger partial charge in [0.25, 0.3) is 0 Å². The van der Waals surface area contributed by atoms with Crippen LogP contribution in [0.1, 0.15) is 28.9 Å². The number of carbonyl (C=O) groups is 1. The zero-order valence-electron chi connectivity index (χ0n) is 6.82.